The number of hydrogen-bond donors (Lipinski definition) is 1. The third kappa shape index (κ3) is 8.47. The van der Waals surface area contributed by atoms with E-state index in [4.69, 9.17) is 14.2 Å². The molecule has 206 valence electrons. The minimum absolute atomic E-state index is 0.0768. The molecule has 0 saturated heterocycles. The Balaban J connectivity index is 1.47. The Morgan fingerprint density at radius 2 is 1.74 bits per heavy atom. The average molecular weight is 553 g/mol. The second-order valence-corrected chi connectivity index (χ2v) is 11.9. The highest BCUT2D eigenvalue weighted by molar-refractivity contribution is 7.20. The van der Waals surface area contributed by atoms with Crippen molar-refractivity contribution in [2.75, 3.05) is 0 Å². The van der Waals surface area contributed by atoms with Gasteiger partial charge in [0.05, 0.1) is 29.2 Å². The lowest BCUT2D eigenvalue weighted by Crippen LogP contribution is -2.43. The molecule has 11 nitrogen and oxygen atoms in total. The smallest absolute Gasteiger partial charge is 0.407 e. The Morgan fingerprint density at radius 1 is 1.00 bits per heavy atom. The molecule has 2 aromatic heterocycles. The quantitative estimate of drug-likeness (QED) is 0.287. The fourth-order valence-corrected chi connectivity index (χ4v) is 4.38. The SMILES string of the molecule is CC(C)(C)OC(=O)CC(Cn1nnc(-c2cccc(Oc3nc4ccccc4s3)c2)n1)NC(=O)OC(C)(C)C. The molecule has 0 aliphatic rings. The first-order valence-corrected chi connectivity index (χ1v) is 13.3. The molecule has 4 aromatic rings. The number of benzene rings is 2. The molecule has 0 aliphatic carbocycles. The van der Waals surface area contributed by atoms with E-state index >= 15 is 0 Å². The van der Waals surface area contributed by atoms with Crippen molar-refractivity contribution in [3.63, 3.8) is 0 Å². The number of esters is 1. The molecular formula is C27H32N6O5S. The summed E-state index contributed by atoms with van der Waals surface area (Å²) < 4.78 is 17.8. The third-order valence-corrected chi connectivity index (χ3v) is 5.88. The van der Waals surface area contributed by atoms with Crippen LogP contribution in [0.25, 0.3) is 21.6 Å². The number of tetrazole rings is 1. The van der Waals surface area contributed by atoms with E-state index in [0.29, 0.717) is 22.3 Å². The Hall–Kier alpha value is -4.06. The molecule has 1 unspecified atom stereocenters. The molecule has 1 atom stereocenters. The summed E-state index contributed by atoms with van der Waals surface area (Å²) in [5.74, 6) is 0.471. The van der Waals surface area contributed by atoms with Crippen LogP contribution in [0.4, 0.5) is 4.79 Å². The van der Waals surface area contributed by atoms with Gasteiger partial charge in [0.25, 0.3) is 5.19 Å². The van der Waals surface area contributed by atoms with E-state index < -0.39 is 29.3 Å². The van der Waals surface area contributed by atoms with E-state index in [-0.39, 0.29) is 13.0 Å². The molecule has 4 rings (SSSR count). The number of thiazole rings is 1. The number of hydrogen-bond acceptors (Lipinski definition) is 10. The van der Waals surface area contributed by atoms with Crippen molar-refractivity contribution in [2.24, 2.45) is 0 Å². The number of nitrogens with zero attached hydrogens (tertiary/aromatic N) is 5. The summed E-state index contributed by atoms with van der Waals surface area (Å²) in [6.07, 6.45) is -0.755. The summed E-state index contributed by atoms with van der Waals surface area (Å²) in [6.45, 7) is 10.7. The Kier molecular flexibility index (Phi) is 8.14. The summed E-state index contributed by atoms with van der Waals surface area (Å²) in [5.41, 5.74) is 0.199. The summed E-state index contributed by atoms with van der Waals surface area (Å²) in [4.78, 5) is 30.8. The van der Waals surface area contributed by atoms with Gasteiger partial charge in [0.15, 0.2) is 0 Å². The lowest BCUT2D eigenvalue weighted by atomic mass is 10.1. The zero-order chi connectivity index (χ0) is 28.2. The Morgan fingerprint density at radius 3 is 2.46 bits per heavy atom. The minimum atomic E-state index is -0.697. The van der Waals surface area contributed by atoms with E-state index in [1.807, 2.05) is 42.5 Å². The van der Waals surface area contributed by atoms with Crippen molar-refractivity contribution in [2.45, 2.75) is 71.8 Å². The fraction of sp³-hybridized carbons (Fsp3) is 0.407. The van der Waals surface area contributed by atoms with E-state index in [1.54, 1.807) is 47.6 Å². The van der Waals surface area contributed by atoms with Crippen molar-refractivity contribution < 1.29 is 23.8 Å². The van der Waals surface area contributed by atoms with Crippen LogP contribution in [0, 0.1) is 0 Å². The number of carbonyl (C=O) groups is 2. The second kappa shape index (κ2) is 11.4. The molecular weight excluding hydrogens is 520 g/mol. The van der Waals surface area contributed by atoms with Gasteiger partial charge in [-0.2, -0.15) is 4.80 Å². The fourth-order valence-electron chi connectivity index (χ4n) is 3.55. The molecule has 2 aromatic carbocycles. The van der Waals surface area contributed by atoms with Crippen molar-refractivity contribution in [1.82, 2.24) is 30.5 Å². The van der Waals surface area contributed by atoms with Crippen molar-refractivity contribution in [1.29, 1.82) is 0 Å². The van der Waals surface area contributed by atoms with Gasteiger partial charge in [-0.3, -0.25) is 4.79 Å². The van der Waals surface area contributed by atoms with Gasteiger partial charge in [0.2, 0.25) is 5.82 Å². The van der Waals surface area contributed by atoms with Crippen molar-refractivity contribution in [3.8, 4) is 22.3 Å². The first kappa shape index (κ1) is 28.0. The highest BCUT2D eigenvalue weighted by Gasteiger charge is 2.25. The van der Waals surface area contributed by atoms with E-state index in [2.05, 4.69) is 25.7 Å². The monoisotopic (exact) mass is 552 g/mol. The summed E-state index contributed by atoms with van der Waals surface area (Å²) in [5, 5.41) is 16.0. The number of para-hydroxylation sites is 1. The predicted octanol–water partition coefficient (Wildman–Crippen LogP) is 5.37. The molecule has 0 radical (unpaired) electrons. The van der Waals surface area contributed by atoms with Crippen LogP contribution in [0.3, 0.4) is 0 Å². The molecule has 0 bridgehead atoms. The van der Waals surface area contributed by atoms with Gasteiger partial charge in [-0.15, -0.1) is 10.2 Å². The van der Waals surface area contributed by atoms with Crippen LogP contribution in [0.15, 0.2) is 48.5 Å². The normalized spacial score (nSPS) is 12.7. The Bertz CT molecular complexity index is 1390. The van der Waals surface area contributed by atoms with Gasteiger partial charge in [-0.1, -0.05) is 35.6 Å². The van der Waals surface area contributed by atoms with Crippen LogP contribution in [-0.4, -0.2) is 54.5 Å². The van der Waals surface area contributed by atoms with Crippen LogP contribution in [-0.2, 0) is 20.8 Å². The van der Waals surface area contributed by atoms with Crippen LogP contribution in [0.1, 0.15) is 48.0 Å². The number of carbonyl (C=O) groups excluding carboxylic acids is 2. The van der Waals surface area contributed by atoms with Crippen LogP contribution < -0.4 is 10.1 Å². The summed E-state index contributed by atoms with van der Waals surface area (Å²) >= 11 is 1.46. The standard InChI is InChI=1S/C27H32N6O5S/c1-26(2,3)37-22(34)15-18(28-24(35)38-27(4,5)6)16-33-31-23(30-32-33)17-10-9-11-19(14-17)36-25-29-20-12-7-8-13-21(20)39-25/h7-14,18H,15-16H2,1-6H3,(H,28,35). The van der Waals surface area contributed by atoms with Gasteiger partial charge in [0.1, 0.15) is 17.0 Å². The lowest BCUT2D eigenvalue weighted by molar-refractivity contribution is -0.155. The number of fused-ring (bicyclic) bond motifs is 1. The maximum Gasteiger partial charge on any atom is 0.407 e. The largest absolute Gasteiger partial charge is 0.460 e. The maximum absolute atomic E-state index is 12.5. The number of rotatable bonds is 8. The van der Waals surface area contributed by atoms with Crippen LogP contribution in [0.2, 0.25) is 0 Å². The van der Waals surface area contributed by atoms with Gasteiger partial charge in [-0.25, -0.2) is 9.78 Å². The molecule has 1 amide bonds. The Labute approximate surface area is 230 Å². The number of nitrogens with one attached hydrogen (secondary N) is 1. The third-order valence-electron chi connectivity index (χ3n) is 4.96. The highest BCUT2D eigenvalue weighted by Crippen LogP contribution is 2.32. The molecule has 2 heterocycles. The molecule has 0 aliphatic heterocycles. The predicted molar refractivity (Wildman–Crippen MR) is 147 cm³/mol. The summed E-state index contributed by atoms with van der Waals surface area (Å²) in [7, 11) is 0. The molecule has 1 N–H and O–H groups in total. The zero-order valence-corrected chi connectivity index (χ0v) is 23.6. The van der Waals surface area contributed by atoms with Crippen LogP contribution >= 0.6 is 11.3 Å². The van der Waals surface area contributed by atoms with Gasteiger partial charge in [0, 0.05) is 5.56 Å². The topological polar surface area (TPSA) is 130 Å². The van der Waals surface area contributed by atoms with Crippen molar-refractivity contribution >= 4 is 33.6 Å². The minimum Gasteiger partial charge on any atom is -0.460 e. The number of ether oxygens (including phenoxy) is 3. The molecule has 0 fully saturated rings. The maximum atomic E-state index is 12.5. The first-order valence-electron chi connectivity index (χ1n) is 12.5. The molecule has 12 heteroatoms. The van der Waals surface area contributed by atoms with Gasteiger partial charge >= 0.3 is 12.1 Å². The van der Waals surface area contributed by atoms with E-state index in [1.165, 1.54) is 16.1 Å². The van der Waals surface area contributed by atoms with Gasteiger partial charge < -0.3 is 19.5 Å². The second-order valence-electron chi connectivity index (χ2n) is 10.9. The number of alkyl carbamates (subject to hydrolysis) is 1. The van der Waals surface area contributed by atoms with Crippen LogP contribution in [0.5, 0.6) is 10.9 Å². The molecule has 0 spiro atoms. The van der Waals surface area contributed by atoms with E-state index in [9.17, 15) is 9.59 Å². The lowest BCUT2D eigenvalue weighted by Gasteiger charge is -2.24. The summed E-state index contributed by atoms with van der Waals surface area (Å²) in [6, 6.07) is 14.4. The zero-order valence-electron chi connectivity index (χ0n) is 22.8. The van der Waals surface area contributed by atoms with Crippen molar-refractivity contribution in [3.05, 3.63) is 48.5 Å². The molecule has 39 heavy (non-hydrogen) atoms. The number of aromatic nitrogens is 5. The first-order chi connectivity index (χ1) is 18.3. The van der Waals surface area contributed by atoms with Gasteiger partial charge in [-0.05, 0) is 71.0 Å². The molecule has 0 saturated carbocycles. The number of amides is 1. The highest BCUT2D eigenvalue weighted by atomic mass is 32.1. The average Bonchev–Trinajstić information content (AvgIpc) is 3.43. The van der Waals surface area contributed by atoms with E-state index in [0.717, 1.165) is 10.2 Å².